The lowest BCUT2D eigenvalue weighted by Crippen LogP contribution is -2.26. The maximum Gasteiger partial charge on any atom is 0.291 e. The molecule has 1 aromatic heterocycles. The molecule has 0 saturated heterocycles. The summed E-state index contributed by atoms with van der Waals surface area (Å²) in [5, 5.41) is 5.87. The minimum absolute atomic E-state index is 0.180. The van der Waals surface area contributed by atoms with E-state index in [1.165, 1.54) is 0 Å². The van der Waals surface area contributed by atoms with Crippen molar-refractivity contribution >= 4 is 23.2 Å². The Morgan fingerprint density at radius 2 is 1.86 bits per heavy atom. The maximum atomic E-state index is 12.9. The molecule has 2 amide bonds. The van der Waals surface area contributed by atoms with E-state index >= 15 is 0 Å². The van der Waals surface area contributed by atoms with Gasteiger partial charge in [-0.3, -0.25) is 9.59 Å². The van der Waals surface area contributed by atoms with Crippen LogP contribution in [-0.2, 0) is 13.0 Å². The Labute approximate surface area is 172 Å². The SMILES string of the molecule is CCCCCNC(=O)c1nc(C(=O)Nc2ccc(N(C)C)cc2)n2c1CCCC2. The number of benzene rings is 1. The van der Waals surface area contributed by atoms with Crippen LogP contribution in [0.15, 0.2) is 24.3 Å². The van der Waals surface area contributed by atoms with Crippen molar-refractivity contribution in [1.82, 2.24) is 14.9 Å². The molecule has 1 aromatic carbocycles. The van der Waals surface area contributed by atoms with Crippen molar-refractivity contribution in [3.63, 3.8) is 0 Å². The first-order chi connectivity index (χ1) is 14.0. The van der Waals surface area contributed by atoms with E-state index in [-0.39, 0.29) is 11.8 Å². The predicted octanol–water partition coefficient (Wildman–Crippen LogP) is 3.46. The van der Waals surface area contributed by atoms with Crippen molar-refractivity contribution in [1.29, 1.82) is 0 Å². The van der Waals surface area contributed by atoms with E-state index < -0.39 is 0 Å². The highest BCUT2D eigenvalue weighted by Gasteiger charge is 2.27. The van der Waals surface area contributed by atoms with E-state index in [0.29, 0.717) is 30.3 Å². The number of fused-ring (bicyclic) bond motifs is 1. The van der Waals surface area contributed by atoms with Gasteiger partial charge < -0.3 is 20.1 Å². The average Bonchev–Trinajstić information content (AvgIpc) is 3.11. The topological polar surface area (TPSA) is 79.3 Å². The Hall–Kier alpha value is -2.83. The number of carbonyl (C=O) groups excluding carboxylic acids is 2. The van der Waals surface area contributed by atoms with Crippen molar-refractivity contribution in [2.75, 3.05) is 30.9 Å². The van der Waals surface area contributed by atoms with Crippen molar-refractivity contribution in [3.05, 3.63) is 41.5 Å². The van der Waals surface area contributed by atoms with Gasteiger partial charge in [0.25, 0.3) is 11.8 Å². The van der Waals surface area contributed by atoms with Gasteiger partial charge in [0.1, 0.15) is 5.69 Å². The van der Waals surface area contributed by atoms with Crippen LogP contribution in [0.3, 0.4) is 0 Å². The van der Waals surface area contributed by atoms with Gasteiger partial charge in [-0.1, -0.05) is 19.8 Å². The van der Waals surface area contributed by atoms with Crippen LogP contribution < -0.4 is 15.5 Å². The van der Waals surface area contributed by atoms with Gasteiger partial charge >= 0.3 is 0 Å². The number of nitrogens with zero attached hydrogens (tertiary/aromatic N) is 3. The van der Waals surface area contributed by atoms with Gasteiger partial charge in [-0.05, 0) is 49.9 Å². The van der Waals surface area contributed by atoms with Gasteiger partial charge in [0, 0.05) is 38.6 Å². The van der Waals surface area contributed by atoms with Gasteiger partial charge in [-0.2, -0.15) is 0 Å². The summed E-state index contributed by atoms with van der Waals surface area (Å²) in [5.41, 5.74) is 3.04. The van der Waals surface area contributed by atoms with Gasteiger partial charge in [-0.15, -0.1) is 0 Å². The number of rotatable bonds is 8. The first-order valence-electron chi connectivity index (χ1n) is 10.5. The molecule has 1 aliphatic heterocycles. The summed E-state index contributed by atoms with van der Waals surface area (Å²) in [6.07, 6.45) is 5.91. The molecule has 3 rings (SSSR count). The highest BCUT2D eigenvalue weighted by molar-refractivity contribution is 6.03. The Kier molecular flexibility index (Phi) is 6.90. The van der Waals surface area contributed by atoms with E-state index in [4.69, 9.17) is 0 Å². The largest absolute Gasteiger partial charge is 0.378 e. The Balaban J connectivity index is 1.77. The molecule has 0 aliphatic carbocycles. The van der Waals surface area contributed by atoms with Crippen molar-refractivity contribution < 1.29 is 9.59 Å². The van der Waals surface area contributed by atoms with Crippen LogP contribution in [0.2, 0.25) is 0 Å². The van der Waals surface area contributed by atoms with E-state index in [1.807, 2.05) is 47.8 Å². The van der Waals surface area contributed by atoms with Gasteiger partial charge in [0.2, 0.25) is 0 Å². The van der Waals surface area contributed by atoms with E-state index in [1.54, 1.807) is 0 Å². The molecule has 0 bridgehead atoms. The summed E-state index contributed by atoms with van der Waals surface area (Å²) >= 11 is 0. The molecule has 29 heavy (non-hydrogen) atoms. The number of nitrogens with one attached hydrogen (secondary N) is 2. The summed E-state index contributed by atoms with van der Waals surface area (Å²) < 4.78 is 1.91. The Morgan fingerprint density at radius 1 is 1.10 bits per heavy atom. The minimum Gasteiger partial charge on any atom is -0.378 e. The molecule has 2 heterocycles. The molecule has 1 aliphatic rings. The molecular weight excluding hydrogens is 366 g/mol. The zero-order chi connectivity index (χ0) is 20.8. The molecular formula is C22H31N5O2. The fourth-order valence-electron chi connectivity index (χ4n) is 3.59. The van der Waals surface area contributed by atoms with Crippen LogP contribution in [-0.4, -0.2) is 42.0 Å². The van der Waals surface area contributed by atoms with Crippen molar-refractivity contribution in [2.24, 2.45) is 0 Å². The van der Waals surface area contributed by atoms with E-state index in [0.717, 1.165) is 49.9 Å². The second-order valence-corrected chi connectivity index (χ2v) is 7.70. The molecule has 0 unspecified atom stereocenters. The number of carbonyl (C=O) groups is 2. The summed E-state index contributed by atoms with van der Waals surface area (Å²) in [5.74, 6) is -0.146. The number of aromatic nitrogens is 2. The molecule has 7 heteroatoms. The quantitative estimate of drug-likeness (QED) is 0.669. The number of hydrogen-bond acceptors (Lipinski definition) is 4. The van der Waals surface area contributed by atoms with Gasteiger partial charge in [-0.25, -0.2) is 4.98 Å². The first-order valence-corrected chi connectivity index (χ1v) is 10.5. The number of anilines is 2. The molecule has 2 N–H and O–H groups in total. The van der Waals surface area contributed by atoms with Gasteiger partial charge in [0.05, 0.1) is 5.69 Å². The van der Waals surface area contributed by atoms with Crippen molar-refractivity contribution in [3.8, 4) is 0 Å². The standard InChI is InChI=1S/C22H31N5O2/c1-4-5-7-14-23-21(28)19-18-9-6-8-15-27(18)20(25-19)22(29)24-16-10-12-17(13-11-16)26(2)3/h10-13H,4-9,14-15H2,1-3H3,(H,23,28)(H,24,29). The molecule has 156 valence electrons. The van der Waals surface area contributed by atoms with Crippen LogP contribution in [0.5, 0.6) is 0 Å². The summed E-state index contributed by atoms with van der Waals surface area (Å²) in [7, 11) is 3.94. The van der Waals surface area contributed by atoms with Crippen LogP contribution >= 0.6 is 0 Å². The Bertz CT molecular complexity index is 855. The monoisotopic (exact) mass is 397 g/mol. The molecule has 7 nitrogen and oxygen atoms in total. The van der Waals surface area contributed by atoms with Crippen LogP contribution in [0.1, 0.15) is 65.8 Å². The molecule has 2 aromatic rings. The minimum atomic E-state index is -0.282. The predicted molar refractivity (Wildman–Crippen MR) is 116 cm³/mol. The number of imidazole rings is 1. The number of unbranched alkanes of at least 4 members (excludes halogenated alkanes) is 2. The Morgan fingerprint density at radius 3 is 2.55 bits per heavy atom. The van der Waals surface area contributed by atoms with Crippen LogP contribution in [0, 0.1) is 0 Å². The molecule has 0 atom stereocenters. The third-order valence-electron chi connectivity index (χ3n) is 5.24. The maximum absolute atomic E-state index is 12.9. The summed E-state index contributed by atoms with van der Waals surface area (Å²) in [4.78, 5) is 32.0. The summed E-state index contributed by atoms with van der Waals surface area (Å²) in [6, 6.07) is 7.64. The highest BCUT2D eigenvalue weighted by atomic mass is 16.2. The third kappa shape index (κ3) is 4.96. The summed E-state index contributed by atoms with van der Waals surface area (Å²) in [6.45, 7) is 3.49. The molecule has 0 radical (unpaired) electrons. The zero-order valence-electron chi connectivity index (χ0n) is 17.6. The third-order valence-corrected chi connectivity index (χ3v) is 5.24. The van der Waals surface area contributed by atoms with Gasteiger partial charge in [0.15, 0.2) is 5.82 Å². The number of hydrogen-bond donors (Lipinski definition) is 2. The fraction of sp³-hybridized carbons (Fsp3) is 0.500. The van der Waals surface area contributed by atoms with Crippen LogP contribution in [0.25, 0.3) is 0 Å². The van der Waals surface area contributed by atoms with Crippen LogP contribution in [0.4, 0.5) is 11.4 Å². The van der Waals surface area contributed by atoms with E-state index in [9.17, 15) is 9.59 Å². The lowest BCUT2D eigenvalue weighted by molar-refractivity contribution is 0.0947. The van der Waals surface area contributed by atoms with Crippen molar-refractivity contribution in [2.45, 2.75) is 52.0 Å². The normalized spacial score (nSPS) is 12.9. The molecule has 0 fully saturated rings. The number of amides is 2. The fourth-order valence-corrected chi connectivity index (χ4v) is 3.59. The smallest absolute Gasteiger partial charge is 0.291 e. The lowest BCUT2D eigenvalue weighted by Gasteiger charge is -2.17. The highest BCUT2D eigenvalue weighted by Crippen LogP contribution is 2.22. The lowest BCUT2D eigenvalue weighted by atomic mass is 10.1. The molecule has 0 spiro atoms. The second-order valence-electron chi connectivity index (χ2n) is 7.70. The average molecular weight is 398 g/mol. The first kappa shape index (κ1) is 20.9. The zero-order valence-corrected chi connectivity index (χ0v) is 17.6. The van der Waals surface area contributed by atoms with E-state index in [2.05, 4.69) is 22.5 Å². The molecule has 0 saturated carbocycles. The second kappa shape index (κ2) is 9.58.